The zero-order valence-electron chi connectivity index (χ0n) is 9.96. The highest BCUT2D eigenvalue weighted by Crippen LogP contribution is 2.55. The molecule has 2 unspecified atom stereocenters. The second-order valence-electron chi connectivity index (χ2n) is 5.14. The Morgan fingerprint density at radius 2 is 1.67 bits per heavy atom. The minimum atomic E-state index is -1.32. The molecule has 6 heteroatoms. The molecule has 0 aromatic rings. The van der Waals surface area contributed by atoms with Gasteiger partial charge in [-0.15, -0.1) is 0 Å². The molecule has 0 bridgehead atoms. The average Bonchev–Trinajstić information content (AvgIpc) is 3.01. The van der Waals surface area contributed by atoms with E-state index in [0.29, 0.717) is 11.8 Å². The van der Waals surface area contributed by atoms with Crippen LogP contribution in [0, 0.1) is 17.8 Å². The van der Waals surface area contributed by atoms with Crippen molar-refractivity contribution in [1.82, 2.24) is 5.32 Å². The Hall–Kier alpha value is -1.59. The molecule has 3 N–H and O–H groups in total. The SMILES string of the molecule is O=C(O)C[C@H](NC(=O)C1C2CCCCC21)C(=O)O. The van der Waals surface area contributed by atoms with E-state index in [9.17, 15) is 14.4 Å². The first-order chi connectivity index (χ1) is 8.50. The lowest BCUT2D eigenvalue weighted by atomic mass is 10.0. The summed E-state index contributed by atoms with van der Waals surface area (Å²) in [7, 11) is 0. The minimum Gasteiger partial charge on any atom is -0.481 e. The van der Waals surface area contributed by atoms with E-state index in [2.05, 4.69) is 5.32 Å². The molecule has 2 rings (SSSR count). The van der Waals surface area contributed by atoms with E-state index in [1.807, 2.05) is 0 Å². The number of carbonyl (C=O) groups excluding carboxylic acids is 1. The third-order valence-electron chi connectivity index (χ3n) is 3.95. The van der Waals surface area contributed by atoms with E-state index in [1.54, 1.807) is 0 Å². The number of nitrogens with one attached hydrogen (secondary N) is 1. The highest BCUT2D eigenvalue weighted by atomic mass is 16.4. The smallest absolute Gasteiger partial charge is 0.326 e. The van der Waals surface area contributed by atoms with Crippen LogP contribution in [0.4, 0.5) is 0 Å². The van der Waals surface area contributed by atoms with Gasteiger partial charge in [0.25, 0.3) is 0 Å². The number of rotatable bonds is 5. The lowest BCUT2D eigenvalue weighted by molar-refractivity contribution is -0.147. The standard InChI is InChI=1S/C12H17NO5/c14-9(15)5-8(12(17)18)13-11(16)10-6-3-1-2-4-7(6)10/h6-8,10H,1-5H2,(H,13,16)(H,14,15)(H,17,18)/t6?,7?,8-,10?/m0/s1. The predicted octanol–water partition coefficient (Wildman–Crippen LogP) is 0.467. The summed E-state index contributed by atoms with van der Waals surface area (Å²) in [6.07, 6.45) is 3.73. The minimum absolute atomic E-state index is 0.0943. The first-order valence-corrected chi connectivity index (χ1v) is 6.25. The fraction of sp³-hybridized carbons (Fsp3) is 0.750. The lowest BCUT2D eigenvalue weighted by Gasteiger charge is -2.12. The summed E-state index contributed by atoms with van der Waals surface area (Å²) >= 11 is 0. The van der Waals surface area contributed by atoms with Crippen molar-refractivity contribution >= 4 is 17.8 Å². The van der Waals surface area contributed by atoms with Gasteiger partial charge in [0.2, 0.25) is 5.91 Å². The van der Waals surface area contributed by atoms with E-state index in [4.69, 9.17) is 10.2 Å². The summed E-state index contributed by atoms with van der Waals surface area (Å²) in [6, 6.07) is -1.32. The molecule has 6 nitrogen and oxygen atoms in total. The summed E-state index contributed by atoms with van der Waals surface area (Å²) < 4.78 is 0. The Kier molecular flexibility index (Phi) is 3.54. The predicted molar refractivity (Wildman–Crippen MR) is 60.8 cm³/mol. The molecule has 2 fully saturated rings. The van der Waals surface area contributed by atoms with Crippen molar-refractivity contribution in [1.29, 1.82) is 0 Å². The quantitative estimate of drug-likeness (QED) is 0.662. The third kappa shape index (κ3) is 2.63. The molecular formula is C12H17NO5. The van der Waals surface area contributed by atoms with Crippen LogP contribution in [0.3, 0.4) is 0 Å². The highest BCUT2D eigenvalue weighted by Gasteiger charge is 2.55. The van der Waals surface area contributed by atoms with Gasteiger partial charge in [-0.05, 0) is 24.7 Å². The molecule has 3 atom stereocenters. The van der Waals surface area contributed by atoms with Crippen molar-refractivity contribution in [2.24, 2.45) is 17.8 Å². The van der Waals surface area contributed by atoms with Crippen LogP contribution in [0.15, 0.2) is 0 Å². The Bertz CT molecular complexity index is 369. The van der Waals surface area contributed by atoms with Crippen molar-refractivity contribution < 1.29 is 24.6 Å². The van der Waals surface area contributed by atoms with Crippen molar-refractivity contribution in [3.05, 3.63) is 0 Å². The number of fused-ring (bicyclic) bond motifs is 1. The van der Waals surface area contributed by atoms with E-state index in [-0.39, 0.29) is 11.8 Å². The van der Waals surface area contributed by atoms with Crippen LogP contribution in [0.2, 0.25) is 0 Å². The van der Waals surface area contributed by atoms with Crippen molar-refractivity contribution in [3.8, 4) is 0 Å². The van der Waals surface area contributed by atoms with Crippen molar-refractivity contribution in [2.75, 3.05) is 0 Å². The number of carboxylic acid groups (broad SMARTS) is 2. The molecule has 0 radical (unpaired) electrons. The molecule has 100 valence electrons. The van der Waals surface area contributed by atoms with Gasteiger partial charge in [-0.2, -0.15) is 0 Å². The van der Waals surface area contributed by atoms with Crippen molar-refractivity contribution in [2.45, 2.75) is 38.1 Å². The molecule has 0 saturated heterocycles. The van der Waals surface area contributed by atoms with Gasteiger partial charge in [-0.1, -0.05) is 12.8 Å². The Balaban J connectivity index is 1.89. The van der Waals surface area contributed by atoms with E-state index < -0.39 is 24.4 Å². The summed E-state index contributed by atoms with van der Waals surface area (Å²) in [5.41, 5.74) is 0. The number of carboxylic acids is 2. The molecule has 1 amide bonds. The molecule has 2 saturated carbocycles. The average molecular weight is 255 g/mol. The number of carbonyl (C=O) groups is 3. The van der Waals surface area contributed by atoms with Gasteiger partial charge in [0, 0.05) is 5.92 Å². The van der Waals surface area contributed by atoms with Gasteiger partial charge in [0.05, 0.1) is 6.42 Å². The Morgan fingerprint density at radius 1 is 1.11 bits per heavy atom. The second-order valence-corrected chi connectivity index (χ2v) is 5.14. The normalized spacial score (nSPS) is 31.0. The zero-order valence-corrected chi connectivity index (χ0v) is 9.96. The van der Waals surface area contributed by atoms with Gasteiger partial charge >= 0.3 is 11.9 Å². The van der Waals surface area contributed by atoms with Crippen LogP contribution in [-0.2, 0) is 14.4 Å². The lowest BCUT2D eigenvalue weighted by Crippen LogP contribution is -2.43. The summed E-state index contributed by atoms with van der Waals surface area (Å²) in [5, 5.41) is 19.8. The maximum atomic E-state index is 11.9. The zero-order chi connectivity index (χ0) is 13.3. The molecule has 0 heterocycles. The van der Waals surface area contributed by atoms with Gasteiger partial charge in [0.1, 0.15) is 6.04 Å². The van der Waals surface area contributed by atoms with Gasteiger partial charge in [-0.25, -0.2) is 4.79 Å². The van der Waals surface area contributed by atoms with Crippen LogP contribution in [0.5, 0.6) is 0 Å². The molecule has 0 aromatic carbocycles. The summed E-state index contributed by atoms with van der Waals surface area (Å²) in [6.45, 7) is 0. The molecule has 18 heavy (non-hydrogen) atoms. The third-order valence-corrected chi connectivity index (χ3v) is 3.95. The van der Waals surface area contributed by atoms with E-state index in [1.165, 1.54) is 0 Å². The molecule has 0 aliphatic heterocycles. The summed E-state index contributed by atoms with van der Waals surface area (Å²) in [4.78, 5) is 33.3. The monoisotopic (exact) mass is 255 g/mol. The number of aliphatic carboxylic acids is 2. The molecular weight excluding hydrogens is 238 g/mol. The fourth-order valence-corrected chi connectivity index (χ4v) is 3.02. The second kappa shape index (κ2) is 4.96. The topological polar surface area (TPSA) is 104 Å². The fourth-order valence-electron chi connectivity index (χ4n) is 3.02. The molecule has 0 spiro atoms. The maximum Gasteiger partial charge on any atom is 0.326 e. The van der Waals surface area contributed by atoms with Gasteiger partial charge < -0.3 is 15.5 Å². The highest BCUT2D eigenvalue weighted by molar-refractivity contribution is 5.89. The number of amides is 1. The largest absolute Gasteiger partial charge is 0.481 e. The van der Waals surface area contributed by atoms with Crippen LogP contribution in [0.1, 0.15) is 32.1 Å². The first-order valence-electron chi connectivity index (χ1n) is 6.25. The van der Waals surface area contributed by atoms with Crippen LogP contribution in [0.25, 0.3) is 0 Å². The number of hydrogen-bond donors (Lipinski definition) is 3. The van der Waals surface area contributed by atoms with E-state index in [0.717, 1.165) is 25.7 Å². The maximum absolute atomic E-state index is 11.9. The van der Waals surface area contributed by atoms with Gasteiger partial charge in [-0.3, -0.25) is 9.59 Å². The van der Waals surface area contributed by atoms with Crippen LogP contribution >= 0.6 is 0 Å². The first kappa shape index (κ1) is 12.9. The van der Waals surface area contributed by atoms with E-state index >= 15 is 0 Å². The molecule has 0 aromatic heterocycles. The van der Waals surface area contributed by atoms with Crippen LogP contribution < -0.4 is 5.32 Å². The molecule has 2 aliphatic rings. The number of hydrogen-bond acceptors (Lipinski definition) is 3. The summed E-state index contributed by atoms with van der Waals surface area (Å²) in [5.74, 6) is -2.13. The van der Waals surface area contributed by atoms with Crippen molar-refractivity contribution in [3.63, 3.8) is 0 Å². The Labute approximate surface area is 104 Å². The molecule has 2 aliphatic carbocycles. The van der Waals surface area contributed by atoms with Gasteiger partial charge in [0.15, 0.2) is 0 Å². The van der Waals surface area contributed by atoms with Crippen LogP contribution in [-0.4, -0.2) is 34.1 Å². The Morgan fingerprint density at radius 3 is 2.11 bits per heavy atom.